The zero-order valence-electron chi connectivity index (χ0n) is 12.2. The monoisotopic (exact) mass is 285 g/mol. The number of rotatable bonds is 2. The minimum absolute atomic E-state index is 0.0730. The first-order chi connectivity index (χ1) is 10.2. The summed E-state index contributed by atoms with van der Waals surface area (Å²) in [6.45, 7) is 5.26. The number of carbonyl (C=O) groups is 1. The molecule has 2 atom stereocenters. The summed E-state index contributed by atoms with van der Waals surface area (Å²) in [5, 5.41) is 7.14. The predicted molar refractivity (Wildman–Crippen MR) is 82.3 cm³/mol. The number of amides is 1. The molecule has 1 saturated heterocycles. The van der Waals surface area contributed by atoms with Crippen LogP contribution in [0.1, 0.15) is 12.5 Å². The normalized spacial score (nSPS) is 22.2. The van der Waals surface area contributed by atoms with E-state index in [1.165, 1.54) is 0 Å². The third-order valence-corrected chi connectivity index (χ3v) is 3.83. The van der Waals surface area contributed by atoms with Crippen LogP contribution >= 0.6 is 0 Å². The van der Waals surface area contributed by atoms with Gasteiger partial charge in [0.05, 0.1) is 23.9 Å². The highest BCUT2D eigenvalue weighted by atomic mass is 16.5. The molecule has 0 unspecified atom stereocenters. The Kier molecular flexibility index (Phi) is 3.86. The predicted octanol–water partition coefficient (Wildman–Crippen LogP) is 1.86. The maximum Gasteiger partial charge on any atom is 0.244 e. The number of aromatic nitrogens is 1. The third kappa shape index (κ3) is 2.75. The van der Waals surface area contributed by atoms with Crippen LogP contribution in [-0.4, -0.2) is 36.2 Å². The average Bonchev–Trinajstić information content (AvgIpc) is 2.51. The number of pyridine rings is 1. The Hall–Kier alpha value is -1.98. The summed E-state index contributed by atoms with van der Waals surface area (Å²) in [5.74, 6) is -0.0730. The summed E-state index contributed by atoms with van der Waals surface area (Å²) in [6, 6.07) is 7.41. The minimum Gasteiger partial charge on any atom is -0.375 e. The van der Waals surface area contributed by atoms with Gasteiger partial charge < -0.3 is 15.4 Å². The van der Waals surface area contributed by atoms with E-state index in [4.69, 9.17) is 4.74 Å². The number of hydrogen-bond donors (Lipinski definition) is 2. The van der Waals surface area contributed by atoms with Gasteiger partial charge in [0, 0.05) is 18.1 Å². The summed E-state index contributed by atoms with van der Waals surface area (Å²) in [5.41, 5.74) is 2.79. The Bertz CT molecular complexity index is 672. The molecule has 5 heteroatoms. The first-order valence-electron chi connectivity index (χ1n) is 7.17. The summed E-state index contributed by atoms with van der Waals surface area (Å²) in [7, 11) is 0. The van der Waals surface area contributed by atoms with Gasteiger partial charge in [-0.2, -0.15) is 0 Å². The quantitative estimate of drug-likeness (QED) is 0.884. The van der Waals surface area contributed by atoms with E-state index in [0.717, 1.165) is 22.2 Å². The zero-order chi connectivity index (χ0) is 14.8. The molecule has 1 aromatic carbocycles. The molecule has 1 amide bonds. The van der Waals surface area contributed by atoms with Crippen LogP contribution in [0, 0.1) is 6.92 Å². The van der Waals surface area contributed by atoms with Crippen molar-refractivity contribution in [1.82, 2.24) is 10.3 Å². The van der Waals surface area contributed by atoms with Gasteiger partial charge in [-0.3, -0.25) is 9.78 Å². The summed E-state index contributed by atoms with van der Waals surface area (Å²) in [6.07, 6.45) is 1.63. The molecule has 0 radical (unpaired) electrons. The van der Waals surface area contributed by atoms with Crippen molar-refractivity contribution in [2.75, 3.05) is 18.5 Å². The van der Waals surface area contributed by atoms with Gasteiger partial charge >= 0.3 is 0 Å². The number of carbonyl (C=O) groups excluding carboxylic acids is 1. The molecular weight excluding hydrogens is 266 g/mol. The zero-order valence-corrected chi connectivity index (χ0v) is 12.2. The van der Waals surface area contributed by atoms with Crippen molar-refractivity contribution in [3.05, 3.63) is 36.0 Å². The van der Waals surface area contributed by atoms with Crippen LogP contribution in [0.25, 0.3) is 10.9 Å². The Morgan fingerprint density at radius 2 is 2.29 bits per heavy atom. The van der Waals surface area contributed by atoms with Crippen molar-refractivity contribution in [2.45, 2.75) is 26.0 Å². The van der Waals surface area contributed by atoms with Crippen molar-refractivity contribution in [1.29, 1.82) is 0 Å². The SMILES string of the molecule is Cc1ccc(NC(=O)[C@H]2NCCO[C@@H]2C)c2cccnc12. The molecule has 2 heterocycles. The molecule has 0 bridgehead atoms. The molecular formula is C16H19N3O2. The van der Waals surface area contributed by atoms with Crippen LogP contribution in [0.3, 0.4) is 0 Å². The molecule has 2 N–H and O–H groups in total. The Morgan fingerprint density at radius 3 is 3.10 bits per heavy atom. The lowest BCUT2D eigenvalue weighted by Gasteiger charge is -2.29. The molecule has 5 nitrogen and oxygen atoms in total. The van der Waals surface area contributed by atoms with E-state index >= 15 is 0 Å². The lowest BCUT2D eigenvalue weighted by Crippen LogP contribution is -2.53. The van der Waals surface area contributed by atoms with Crippen molar-refractivity contribution < 1.29 is 9.53 Å². The van der Waals surface area contributed by atoms with E-state index in [1.54, 1.807) is 6.20 Å². The van der Waals surface area contributed by atoms with Crippen LogP contribution in [0.2, 0.25) is 0 Å². The van der Waals surface area contributed by atoms with Crippen LogP contribution in [-0.2, 0) is 9.53 Å². The maximum absolute atomic E-state index is 12.4. The van der Waals surface area contributed by atoms with Gasteiger partial charge in [-0.25, -0.2) is 0 Å². The number of ether oxygens (including phenoxy) is 1. The fraction of sp³-hybridized carbons (Fsp3) is 0.375. The number of aryl methyl sites for hydroxylation is 1. The van der Waals surface area contributed by atoms with Crippen LogP contribution < -0.4 is 10.6 Å². The molecule has 2 aromatic rings. The molecule has 1 fully saturated rings. The second kappa shape index (κ2) is 5.79. The number of nitrogens with one attached hydrogen (secondary N) is 2. The topological polar surface area (TPSA) is 63.2 Å². The number of morpholine rings is 1. The lowest BCUT2D eigenvalue weighted by atomic mass is 10.1. The van der Waals surface area contributed by atoms with E-state index in [1.807, 2.05) is 38.1 Å². The molecule has 1 aliphatic heterocycles. The number of nitrogens with zero attached hydrogens (tertiary/aromatic N) is 1. The third-order valence-electron chi connectivity index (χ3n) is 3.83. The van der Waals surface area contributed by atoms with Crippen LogP contribution in [0.5, 0.6) is 0 Å². The number of hydrogen-bond acceptors (Lipinski definition) is 4. The fourth-order valence-electron chi connectivity index (χ4n) is 2.66. The van der Waals surface area contributed by atoms with Crippen molar-refractivity contribution in [3.8, 4) is 0 Å². The minimum atomic E-state index is -0.327. The maximum atomic E-state index is 12.4. The van der Waals surface area contributed by atoms with E-state index in [2.05, 4.69) is 15.6 Å². The molecule has 3 rings (SSSR count). The molecule has 21 heavy (non-hydrogen) atoms. The van der Waals surface area contributed by atoms with Gasteiger partial charge in [-0.05, 0) is 37.6 Å². The van der Waals surface area contributed by atoms with Gasteiger partial charge in [0.25, 0.3) is 0 Å². The average molecular weight is 285 g/mol. The van der Waals surface area contributed by atoms with Crippen molar-refractivity contribution in [3.63, 3.8) is 0 Å². The van der Waals surface area contributed by atoms with Gasteiger partial charge in [0.1, 0.15) is 6.04 Å². The molecule has 110 valence electrons. The van der Waals surface area contributed by atoms with Crippen molar-refractivity contribution in [2.24, 2.45) is 0 Å². The summed E-state index contributed by atoms with van der Waals surface area (Å²) in [4.78, 5) is 16.8. The smallest absolute Gasteiger partial charge is 0.244 e. The molecule has 0 saturated carbocycles. The molecule has 1 aliphatic rings. The van der Waals surface area contributed by atoms with E-state index in [0.29, 0.717) is 13.2 Å². The number of benzene rings is 1. The van der Waals surface area contributed by atoms with Crippen LogP contribution in [0.15, 0.2) is 30.5 Å². The largest absolute Gasteiger partial charge is 0.375 e. The van der Waals surface area contributed by atoms with E-state index in [-0.39, 0.29) is 18.1 Å². The highest BCUT2D eigenvalue weighted by Gasteiger charge is 2.28. The van der Waals surface area contributed by atoms with Crippen molar-refractivity contribution >= 4 is 22.5 Å². The first-order valence-corrected chi connectivity index (χ1v) is 7.17. The Balaban J connectivity index is 1.88. The highest BCUT2D eigenvalue weighted by molar-refractivity contribution is 6.03. The fourth-order valence-corrected chi connectivity index (χ4v) is 2.66. The standard InChI is InChI=1S/C16H19N3O2/c1-10-5-6-13(12-4-3-7-17-14(10)12)19-16(20)15-11(2)21-9-8-18-15/h3-7,11,15,18H,8-9H2,1-2H3,(H,19,20)/t11-,15+/m1/s1. The molecule has 0 aliphatic carbocycles. The Labute approximate surface area is 123 Å². The summed E-state index contributed by atoms with van der Waals surface area (Å²) >= 11 is 0. The van der Waals surface area contributed by atoms with Gasteiger partial charge in [0.15, 0.2) is 0 Å². The first kappa shape index (κ1) is 14.0. The second-order valence-electron chi connectivity index (χ2n) is 5.33. The molecule has 0 spiro atoms. The second-order valence-corrected chi connectivity index (χ2v) is 5.33. The molecule has 1 aromatic heterocycles. The highest BCUT2D eigenvalue weighted by Crippen LogP contribution is 2.24. The van der Waals surface area contributed by atoms with Gasteiger partial charge in [-0.1, -0.05) is 6.07 Å². The van der Waals surface area contributed by atoms with Gasteiger partial charge in [-0.15, -0.1) is 0 Å². The summed E-state index contributed by atoms with van der Waals surface area (Å²) < 4.78 is 5.52. The number of anilines is 1. The van der Waals surface area contributed by atoms with E-state index < -0.39 is 0 Å². The Morgan fingerprint density at radius 1 is 1.43 bits per heavy atom. The number of fused-ring (bicyclic) bond motifs is 1. The van der Waals surface area contributed by atoms with Gasteiger partial charge in [0.2, 0.25) is 5.91 Å². The van der Waals surface area contributed by atoms with Crippen LogP contribution in [0.4, 0.5) is 5.69 Å². The van der Waals surface area contributed by atoms with E-state index in [9.17, 15) is 4.79 Å². The lowest BCUT2D eigenvalue weighted by molar-refractivity contribution is -0.123.